The molecule has 4 aromatic rings. The topological polar surface area (TPSA) is 102 Å². The predicted octanol–water partition coefficient (Wildman–Crippen LogP) is 3.49. The van der Waals surface area contributed by atoms with Gasteiger partial charge in [0.25, 0.3) is 0 Å². The van der Waals surface area contributed by atoms with Crippen LogP contribution >= 0.6 is 0 Å². The molecule has 142 valence electrons. The fourth-order valence-electron chi connectivity index (χ4n) is 2.95. The van der Waals surface area contributed by atoms with Crippen molar-refractivity contribution in [2.75, 3.05) is 0 Å². The number of carbonyl (C=O) groups is 2. The number of aromatic amines is 1. The Morgan fingerprint density at radius 1 is 1.10 bits per heavy atom. The van der Waals surface area contributed by atoms with Crippen LogP contribution in [0, 0.1) is 5.82 Å². The summed E-state index contributed by atoms with van der Waals surface area (Å²) in [6.07, 6.45) is 5.91. The van der Waals surface area contributed by atoms with Crippen LogP contribution in [0.1, 0.15) is 21.5 Å². The smallest absolute Gasteiger partial charge is 0.241 e. The van der Waals surface area contributed by atoms with Crippen LogP contribution in [0.5, 0.6) is 0 Å². The number of fused-ring (bicyclic) bond motifs is 1. The van der Waals surface area contributed by atoms with E-state index in [-0.39, 0.29) is 11.3 Å². The summed E-state index contributed by atoms with van der Waals surface area (Å²) in [7, 11) is 0. The van der Waals surface area contributed by atoms with Crippen molar-refractivity contribution in [3.8, 4) is 11.3 Å². The van der Waals surface area contributed by atoms with Crippen molar-refractivity contribution >= 4 is 28.9 Å². The van der Waals surface area contributed by atoms with Gasteiger partial charge in [0.15, 0.2) is 11.4 Å². The first kappa shape index (κ1) is 18.2. The number of amides is 1. The fraction of sp³-hybridized carbons (Fsp3) is 0. The van der Waals surface area contributed by atoms with Crippen LogP contribution in [0.25, 0.3) is 28.5 Å². The summed E-state index contributed by atoms with van der Waals surface area (Å²) in [5, 5.41) is 0. The van der Waals surface area contributed by atoms with Crippen molar-refractivity contribution in [1.82, 2.24) is 15.0 Å². The van der Waals surface area contributed by atoms with Crippen LogP contribution in [0.3, 0.4) is 0 Å². The molecule has 0 radical (unpaired) electrons. The highest BCUT2D eigenvalue weighted by Gasteiger charge is 2.15. The third-order valence-electron chi connectivity index (χ3n) is 4.38. The quantitative estimate of drug-likeness (QED) is 0.405. The molecule has 29 heavy (non-hydrogen) atoms. The molecular weight excluding hydrogens is 371 g/mol. The highest BCUT2D eigenvalue weighted by Crippen LogP contribution is 2.24. The molecule has 0 saturated heterocycles. The molecule has 2 heterocycles. The summed E-state index contributed by atoms with van der Waals surface area (Å²) >= 11 is 0. The van der Waals surface area contributed by atoms with Crippen LogP contribution in [-0.2, 0) is 4.79 Å². The maximum absolute atomic E-state index is 14.7. The summed E-state index contributed by atoms with van der Waals surface area (Å²) in [6.45, 7) is 0. The van der Waals surface area contributed by atoms with Crippen LogP contribution in [-0.4, -0.2) is 26.6 Å². The molecule has 0 saturated carbocycles. The average Bonchev–Trinajstić information content (AvgIpc) is 3.14. The minimum Gasteiger partial charge on any atom is -0.366 e. The number of benzene rings is 2. The zero-order valence-corrected chi connectivity index (χ0v) is 15.1. The van der Waals surface area contributed by atoms with E-state index in [1.165, 1.54) is 30.5 Å². The zero-order chi connectivity index (χ0) is 20.4. The van der Waals surface area contributed by atoms with Gasteiger partial charge in [0.1, 0.15) is 11.3 Å². The number of H-pyrrole nitrogens is 1. The number of rotatable bonds is 5. The molecule has 0 bridgehead atoms. The third kappa shape index (κ3) is 3.66. The molecular formula is C22H15FN4O2. The highest BCUT2D eigenvalue weighted by molar-refractivity contribution is 6.09. The third-order valence-corrected chi connectivity index (χ3v) is 4.38. The monoisotopic (exact) mass is 386 g/mol. The normalized spacial score (nSPS) is 11.2. The van der Waals surface area contributed by atoms with Crippen molar-refractivity contribution < 1.29 is 14.0 Å². The average molecular weight is 386 g/mol. The van der Waals surface area contributed by atoms with Gasteiger partial charge in [0.2, 0.25) is 5.91 Å². The van der Waals surface area contributed by atoms with E-state index >= 15 is 0 Å². The molecule has 3 N–H and O–H groups in total. The molecule has 6 nitrogen and oxygen atoms in total. The molecule has 2 aromatic heterocycles. The van der Waals surface area contributed by atoms with Crippen LogP contribution in [0.15, 0.2) is 67.0 Å². The number of carbonyl (C=O) groups excluding carboxylic acids is 2. The number of aromatic nitrogens is 3. The maximum atomic E-state index is 14.7. The van der Waals surface area contributed by atoms with Gasteiger partial charge in [0.05, 0.1) is 17.5 Å². The van der Waals surface area contributed by atoms with E-state index in [1.54, 1.807) is 42.6 Å². The lowest BCUT2D eigenvalue weighted by Crippen LogP contribution is -2.05. The number of nitrogens with two attached hydrogens (primary N) is 1. The van der Waals surface area contributed by atoms with E-state index in [2.05, 4.69) is 15.0 Å². The summed E-state index contributed by atoms with van der Waals surface area (Å²) in [5.74, 6) is -1.61. The lowest BCUT2D eigenvalue weighted by Gasteiger charge is -2.06. The Morgan fingerprint density at radius 2 is 1.90 bits per heavy atom. The second-order valence-electron chi connectivity index (χ2n) is 6.32. The Balaban J connectivity index is 1.71. The van der Waals surface area contributed by atoms with Crippen molar-refractivity contribution in [3.05, 3.63) is 89.5 Å². The van der Waals surface area contributed by atoms with Crippen LogP contribution in [0.2, 0.25) is 0 Å². The Labute approximate surface area is 164 Å². The van der Waals surface area contributed by atoms with Crippen LogP contribution < -0.4 is 5.73 Å². The lowest BCUT2D eigenvalue weighted by atomic mass is 10.0. The predicted molar refractivity (Wildman–Crippen MR) is 107 cm³/mol. The Hall–Kier alpha value is -4.13. The summed E-state index contributed by atoms with van der Waals surface area (Å²) < 4.78 is 14.7. The number of halogens is 1. The molecule has 1 amide bonds. The second-order valence-corrected chi connectivity index (χ2v) is 6.32. The standard InChI is InChI=1S/C22H15FN4O2/c23-17-10-14(6-8-16(17)21(29)13-4-2-1-3-5-13)18-12-26-22-20(27-18)15(11-25-22)7-9-19(24)28/h1-12H,(H2,24,28)(H,25,26)/b9-7+. The molecule has 0 unspecified atom stereocenters. The van der Waals surface area contributed by atoms with Crippen molar-refractivity contribution in [2.24, 2.45) is 5.73 Å². The number of nitrogens with one attached hydrogen (secondary N) is 1. The van der Waals surface area contributed by atoms with E-state index in [4.69, 9.17) is 5.73 Å². The minimum absolute atomic E-state index is 0.0132. The van der Waals surface area contributed by atoms with Crippen molar-refractivity contribution in [1.29, 1.82) is 0 Å². The van der Waals surface area contributed by atoms with Gasteiger partial charge in [-0.3, -0.25) is 9.59 Å². The van der Waals surface area contributed by atoms with Gasteiger partial charge in [0, 0.05) is 29.0 Å². The molecule has 0 spiro atoms. The van der Waals surface area contributed by atoms with Gasteiger partial charge in [-0.25, -0.2) is 14.4 Å². The number of hydrogen-bond donors (Lipinski definition) is 2. The van der Waals surface area contributed by atoms with E-state index in [1.807, 2.05) is 0 Å². The molecule has 2 aromatic carbocycles. The number of nitrogens with zero attached hydrogens (tertiary/aromatic N) is 2. The fourth-order valence-corrected chi connectivity index (χ4v) is 2.95. The Bertz CT molecular complexity index is 1260. The zero-order valence-electron chi connectivity index (χ0n) is 15.1. The SMILES string of the molecule is NC(=O)/C=C/c1c[nH]c2ncc(-c3ccc(C(=O)c4ccccc4)c(F)c3)nc12. The van der Waals surface area contributed by atoms with Gasteiger partial charge in [-0.05, 0) is 18.2 Å². The summed E-state index contributed by atoms with van der Waals surface area (Å²) in [4.78, 5) is 35.2. The van der Waals surface area contributed by atoms with Crippen molar-refractivity contribution in [3.63, 3.8) is 0 Å². The van der Waals surface area contributed by atoms with Gasteiger partial charge < -0.3 is 10.7 Å². The molecule has 0 aliphatic heterocycles. The minimum atomic E-state index is -0.638. The molecule has 0 fully saturated rings. The first-order valence-electron chi connectivity index (χ1n) is 8.74. The van der Waals surface area contributed by atoms with Gasteiger partial charge in [-0.1, -0.05) is 36.4 Å². The van der Waals surface area contributed by atoms with Gasteiger partial charge in [-0.2, -0.15) is 0 Å². The van der Waals surface area contributed by atoms with Crippen molar-refractivity contribution in [2.45, 2.75) is 0 Å². The van der Waals surface area contributed by atoms with Gasteiger partial charge >= 0.3 is 0 Å². The molecule has 7 heteroatoms. The molecule has 0 aliphatic carbocycles. The number of primary amides is 1. The first-order valence-corrected chi connectivity index (χ1v) is 8.74. The number of hydrogen-bond acceptors (Lipinski definition) is 4. The maximum Gasteiger partial charge on any atom is 0.241 e. The van der Waals surface area contributed by atoms with E-state index in [0.717, 1.165) is 0 Å². The van der Waals surface area contributed by atoms with Gasteiger partial charge in [-0.15, -0.1) is 0 Å². The Morgan fingerprint density at radius 3 is 2.62 bits per heavy atom. The summed E-state index contributed by atoms with van der Waals surface area (Å²) in [6, 6.07) is 12.9. The summed E-state index contributed by atoms with van der Waals surface area (Å²) in [5.41, 5.74) is 8.12. The lowest BCUT2D eigenvalue weighted by molar-refractivity contribution is -0.113. The second kappa shape index (κ2) is 7.47. The highest BCUT2D eigenvalue weighted by atomic mass is 19.1. The molecule has 4 rings (SSSR count). The molecule has 0 atom stereocenters. The molecule has 0 aliphatic rings. The first-order chi connectivity index (χ1) is 14.0. The Kier molecular flexibility index (Phi) is 4.70. The van der Waals surface area contributed by atoms with E-state index < -0.39 is 11.7 Å². The number of ketones is 1. The largest absolute Gasteiger partial charge is 0.366 e. The van der Waals surface area contributed by atoms with Crippen LogP contribution in [0.4, 0.5) is 4.39 Å². The van der Waals surface area contributed by atoms with E-state index in [9.17, 15) is 14.0 Å². The van der Waals surface area contributed by atoms with E-state index in [0.29, 0.717) is 33.5 Å².